The van der Waals surface area contributed by atoms with Gasteiger partial charge in [0.2, 0.25) is 5.91 Å². The highest BCUT2D eigenvalue weighted by molar-refractivity contribution is 5.91. The number of anilines is 2. The second-order valence-electron chi connectivity index (χ2n) is 9.83. The average molecular weight is 499 g/mol. The highest BCUT2D eigenvalue weighted by Gasteiger charge is 2.18. The summed E-state index contributed by atoms with van der Waals surface area (Å²) in [6, 6.07) is 18.6. The van der Waals surface area contributed by atoms with E-state index in [1.54, 1.807) is 4.68 Å². The first-order chi connectivity index (χ1) is 17.9. The molecule has 192 valence electrons. The minimum Gasteiger partial charge on any atom is -0.369 e. The van der Waals surface area contributed by atoms with Crippen LogP contribution < -0.4 is 15.8 Å². The first kappa shape index (κ1) is 24.8. The zero-order chi connectivity index (χ0) is 25.9. The molecule has 2 aromatic carbocycles. The van der Waals surface area contributed by atoms with Crippen molar-refractivity contribution in [2.75, 3.05) is 36.4 Å². The minimum atomic E-state index is -0.158. The van der Waals surface area contributed by atoms with Gasteiger partial charge in [-0.25, -0.2) is 0 Å². The Bertz CT molecular complexity index is 1450. The average Bonchev–Trinajstić information content (AvgIpc) is 3.18. The van der Waals surface area contributed by atoms with Crippen LogP contribution in [-0.4, -0.2) is 51.8 Å². The quantitative estimate of drug-likeness (QED) is 0.405. The lowest BCUT2D eigenvalue weighted by Crippen LogP contribution is -2.45. The van der Waals surface area contributed by atoms with Crippen molar-refractivity contribution < 1.29 is 4.79 Å². The van der Waals surface area contributed by atoms with Crippen LogP contribution >= 0.6 is 0 Å². The van der Waals surface area contributed by atoms with Crippen molar-refractivity contribution in [1.29, 1.82) is 0 Å². The number of piperazine rings is 1. The summed E-state index contributed by atoms with van der Waals surface area (Å²) >= 11 is 0. The second-order valence-corrected chi connectivity index (χ2v) is 9.83. The summed E-state index contributed by atoms with van der Waals surface area (Å²) in [6.07, 6.45) is 0.614. The molecular formula is C29H34N6O2. The number of fused-ring (bicyclic) bond motifs is 1. The number of hydrogen-bond acceptors (Lipinski definition) is 5. The zero-order valence-electron chi connectivity index (χ0n) is 21.8. The SMILES string of the molecule is Cc1nn(C)c2[nH]c(=O)c(CCC(=O)Nc3ccc(N4CCN(Cc5ccccc5)CC4)cc3)c(C)c12. The molecule has 1 saturated heterocycles. The lowest BCUT2D eigenvalue weighted by molar-refractivity contribution is -0.116. The summed E-state index contributed by atoms with van der Waals surface area (Å²) in [7, 11) is 1.81. The predicted octanol–water partition coefficient (Wildman–Crippen LogP) is 3.77. The molecule has 1 amide bonds. The van der Waals surface area contributed by atoms with E-state index in [-0.39, 0.29) is 17.9 Å². The van der Waals surface area contributed by atoms with E-state index in [1.165, 1.54) is 11.3 Å². The number of hydrogen-bond donors (Lipinski definition) is 2. The van der Waals surface area contributed by atoms with Gasteiger partial charge in [0.15, 0.2) is 0 Å². The molecule has 0 spiro atoms. The van der Waals surface area contributed by atoms with Gasteiger partial charge in [-0.05, 0) is 55.7 Å². The Morgan fingerprint density at radius 2 is 1.70 bits per heavy atom. The number of aryl methyl sites for hydroxylation is 3. The van der Waals surface area contributed by atoms with Gasteiger partial charge in [-0.15, -0.1) is 0 Å². The molecule has 4 aromatic rings. The van der Waals surface area contributed by atoms with Crippen LogP contribution in [0.4, 0.5) is 11.4 Å². The number of amides is 1. The Balaban J connectivity index is 1.14. The summed E-state index contributed by atoms with van der Waals surface area (Å²) in [6.45, 7) is 8.85. The summed E-state index contributed by atoms with van der Waals surface area (Å²) in [5.41, 5.74) is 6.24. The van der Waals surface area contributed by atoms with Crippen molar-refractivity contribution in [2.24, 2.45) is 7.05 Å². The molecule has 0 bridgehead atoms. The lowest BCUT2D eigenvalue weighted by atomic mass is 10.0. The van der Waals surface area contributed by atoms with Crippen molar-refractivity contribution in [2.45, 2.75) is 33.2 Å². The Morgan fingerprint density at radius 3 is 2.41 bits per heavy atom. The van der Waals surface area contributed by atoms with Gasteiger partial charge in [-0.1, -0.05) is 30.3 Å². The van der Waals surface area contributed by atoms with E-state index < -0.39 is 0 Å². The first-order valence-electron chi connectivity index (χ1n) is 12.9. The van der Waals surface area contributed by atoms with Crippen LogP contribution in [0.2, 0.25) is 0 Å². The molecule has 8 nitrogen and oxygen atoms in total. The standard InChI is InChI=1S/C29H34N6O2/c1-20-25(29(37)31-28-27(20)21(2)32-33(28)3)13-14-26(36)30-23-9-11-24(12-10-23)35-17-15-34(16-18-35)19-22-7-5-4-6-8-22/h4-12H,13-19H2,1-3H3,(H,30,36)(H,31,37). The molecule has 0 aliphatic carbocycles. The number of pyridine rings is 1. The van der Waals surface area contributed by atoms with Crippen LogP contribution in [0.3, 0.4) is 0 Å². The molecular weight excluding hydrogens is 464 g/mol. The summed E-state index contributed by atoms with van der Waals surface area (Å²) in [5.74, 6) is -0.107. The molecule has 8 heteroatoms. The second kappa shape index (κ2) is 10.6. The number of aromatic amines is 1. The third-order valence-corrected chi connectivity index (χ3v) is 7.30. The van der Waals surface area contributed by atoms with Crippen molar-refractivity contribution in [3.05, 3.63) is 87.3 Å². The number of aromatic nitrogens is 3. The van der Waals surface area contributed by atoms with Crippen molar-refractivity contribution in [3.8, 4) is 0 Å². The van der Waals surface area contributed by atoms with Crippen LogP contribution in [0.5, 0.6) is 0 Å². The molecule has 0 unspecified atom stereocenters. The topological polar surface area (TPSA) is 86.3 Å². The molecule has 1 aliphatic heterocycles. The number of nitrogens with one attached hydrogen (secondary N) is 2. The highest BCUT2D eigenvalue weighted by atomic mass is 16.1. The van der Waals surface area contributed by atoms with E-state index in [0.29, 0.717) is 17.6 Å². The molecule has 1 fully saturated rings. The van der Waals surface area contributed by atoms with Gasteiger partial charge >= 0.3 is 0 Å². The predicted molar refractivity (Wildman–Crippen MR) is 148 cm³/mol. The van der Waals surface area contributed by atoms with Crippen molar-refractivity contribution in [3.63, 3.8) is 0 Å². The largest absolute Gasteiger partial charge is 0.369 e. The number of carbonyl (C=O) groups is 1. The maximum Gasteiger partial charge on any atom is 0.253 e. The van der Waals surface area contributed by atoms with Crippen LogP contribution in [0, 0.1) is 13.8 Å². The van der Waals surface area contributed by atoms with E-state index in [9.17, 15) is 9.59 Å². The van der Waals surface area contributed by atoms with E-state index in [4.69, 9.17) is 0 Å². The smallest absolute Gasteiger partial charge is 0.253 e. The third-order valence-electron chi connectivity index (χ3n) is 7.30. The Kier molecular flexibility index (Phi) is 7.10. The molecule has 1 aliphatic rings. The fourth-order valence-electron chi connectivity index (χ4n) is 5.28. The number of nitrogens with zero attached hydrogens (tertiary/aromatic N) is 4. The monoisotopic (exact) mass is 498 g/mol. The molecule has 5 rings (SSSR count). The summed E-state index contributed by atoms with van der Waals surface area (Å²) in [5, 5.41) is 8.33. The van der Waals surface area contributed by atoms with Crippen LogP contribution in [0.25, 0.3) is 11.0 Å². The normalized spacial score (nSPS) is 14.3. The van der Waals surface area contributed by atoms with E-state index in [1.807, 2.05) is 33.0 Å². The number of H-pyrrole nitrogens is 1. The van der Waals surface area contributed by atoms with E-state index in [2.05, 4.69) is 67.7 Å². The minimum absolute atomic E-state index is 0.107. The molecule has 0 saturated carbocycles. The Morgan fingerprint density at radius 1 is 1.00 bits per heavy atom. The molecule has 0 radical (unpaired) electrons. The van der Waals surface area contributed by atoms with E-state index >= 15 is 0 Å². The molecule has 3 heterocycles. The maximum atomic E-state index is 12.7. The van der Waals surface area contributed by atoms with Crippen LogP contribution in [-0.2, 0) is 24.8 Å². The van der Waals surface area contributed by atoms with Crippen LogP contribution in [0.15, 0.2) is 59.4 Å². The van der Waals surface area contributed by atoms with Gasteiger partial charge in [0.1, 0.15) is 5.65 Å². The van der Waals surface area contributed by atoms with Gasteiger partial charge in [-0.3, -0.25) is 19.2 Å². The highest BCUT2D eigenvalue weighted by Crippen LogP contribution is 2.22. The van der Waals surface area contributed by atoms with Gasteiger partial charge in [0, 0.05) is 68.5 Å². The van der Waals surface area contributed by atoms with Gasteiger partial charge in [-0.2, -0.15) is 5.10 Å². The summed E-state index contributed by atoms with van der Waals surface area (Å²) < 4.78 is 1.68. The fraction of sp³-hybridized carbons (Fsp3) is 0.345. The van der Waals surface area contributed by atoms with Crippen molar-refractivity contribution in [1.82, 2.24) is 19.7 Å². The van der Waals surface area contributed by atoms with Crippen molar-refractivity contribution >= 4 is 28.3 Å². The van der Waals surface area contributed by atoms with E-state index in [0.717, 1.165) is 55.1 Å². The number of benzene rings is 2. The Labute approximate surface area is 216 Å². The molecule has 37 heavy (non-hydrogen) atoms. The zero-order valence-corrected chi connectivity index (χ0v) is 21.8. The lowest BCUT2D eigenvalue weighted by Gasteiger charge is -2.36. The third kappa shape index (κ3) is 5.44. The van der Waals surface area contributed by atoms with Gasteiger partial charge in [0.25, 0.3) is 5.56 Å². The number of rotatable bonds is 7. The Hall–Kier alpha value is -3.91. The number of carbonyl (C=O) groups excluding carboxylic acids is 1. The van der Waals surface area contributed by atoms with Gasteiger partial charge < -0.3 is 15.2 Å². The molecule has 0 atom stereocenters. The first-order valence-corrected chi connectivity index (χ1v) is 12.9. The molecule has 2 aromatic heterocycles. The molecule has 2 N–H and O–H groups in total. The fourth-order valence-corrected chi connectivity index (χ4v) is 5.28. The maximum absolute atomic E-state index is 12.7. The summed E-state index contributed by atoms with van der Waals surface area (Å²) in [4.78, 5) is 33.1. The van der Waals surface area contributed by atoms with Gasteiger partial charge in [0.05, 0.1) is 5.69 Å². The van der Waals surface area contributed by atoms with Crippen LogP contribution in [0.1, 0.15) is 28.8 Å².